The van der Waals surface area contributed by atoms with Crippen molar-refractivity contribution >= 4 is 5.91 Å². The zero-order valence-corrected chi connectivity index (χ0v) is 21.3. The number of nitrogens with zero attached hydrogens (tertiary/aromatic N) is 1. The molecule has 0 aliphatic carbocycles. The number of hydrogen-bond donors (Lipinski definition) is 2. The summed E-state index contributed by atoms with van der Waals surface area (Å²) >= 11 is 0. The summed E-state index contributed by atoms with van der Waals surface area (Å²) in [5.74, 6) is 0.141. The summed E-state index contributed by atoms with van der Waals surface area (Å²) in [6.07, 6.45) is 22.0. The van der Waals surface area contributed by atoms with E-state index in [0.29, 0.717) is 6.54 Å². The number of amides is 1. The fourth-order valence-corrected chi connectivity index (χ4v) is 4.24. The molecule has 0 rings (SSSR count). The van der Waals surface area contributed by atoms with Gasteiger partial charge in [0.1, 0.15) is 0 Å². The van der Waals surface area contributed by atoms with Gasteiger partial charge in [0.25, 0.3) is 0 Å². The molecule has 2 N–H and O–H groups in total. The van der Waals surface area contributed by atoms with E-state index >= 15 is 0 Å². The summed E-state index contributed by atoms with van der Waals surface area (Å²) < 4.78 is 0. The number of carbonyl (C=O) groups is 1. The van der Waals surface area contributed by atoms with Crippen LogP contribution in [0.2, 0.25) is 0 Å². The van der Waals surface area contributed by atoms with Gasteiger partial charge in [-0.05, 0) is 12.8 Å². The summed E-state index contributed by atoms with van der Waals surface area (Å²) in [4.78, 5) is 14.6. The second kappa shape index (κ2) is 22.6. The molecule has 31 heavy (non-hydrogen) atoms. The van der Waals surface area contributed by atoms with Gasteiger partial charge in [0.05, 0.1) is 12.7 Å². The van der Waals surface area contributed by atoms with Crippen molar-refractivity contribution in [3.8, 4) is 0 Å². The second-order valence-corrected chi connectivity index (χ2v) is 9.61. The monoisotopic (exact) mass is 441 g/mol. The lowest BCUT2D eigenvalue weighted by molar-refractivity contribution is -0.137. The third kappa shape index (κ3) is 18.6. The maximum absolute atomic E-state index is 12.8. The third-order valence-electron chi connectivity index (χ3n) is 6.40. The highest BCUT2D eigenvalue weighted by atomic mass is 16.3. The number of aliphatic hydroxyl groups excluding tert-OH is 2. The molecule has 2 atom stereocenters. The van der Waals surface area contributed by atoms with Gasteiger partial charge in [-0.15, -0.1) is 0 Å². The van der Waals surface area contributed by atoms with E-state index in [-0.39, 0.29) is 25.0 Å². The highest BCUT2D eigenvalue weighted by Gasteiger charge is 2.22. The topological polar surface area (TPSA) is 60.8 Å². The quantitative estimate of drug-likeness (QED) is 0.170. The number of aliphatic hydroxyl groups is 2. The lowest BCUT2D eigenvalue weighted by atomic mass is 10.0. The molecular weight excluding hydrogens is 386 g/mol. The summed E-state index contributed by atoms with van der Waals surface area (Å²) in [5.41, 5.74) is 0. The molecule has 0 spiro atoms. The van der Waals surface area contributed by atoms with Gasteiger partial charge in [-0.2, -0.15) is 0 Å². The van der Waals surface area contributed by atoms with Crippen LogP contribution in [0.3, 0.4) is 0 Å². The van der Waals surface area contributed by atoms with Crippen LogP contribution in [0.25, 0.3) is 0 Å². The van der Waals surface area contributed by atoms with Crippen LogP contribution in [-0.2, 0) is 4.79 Å². The Morgan fingerprint density at radius 1 is 0.710 bits per heavy atom. The molecule has 0 heterocycles. The van der Waals surface area contributed by atoms with E-state index in [9.17, 15) is 15.0 Å². The van der Waals surface area contributed by atoms with Crippen molar-refractivity contribution in [1.29, 1.82) is 0 Å². The Balaban J connectivity index is 3.86. The summed E-state index contributed by atoms with van der Waals surface area (Å²) in [6.45, 7) is 7.12. The fraction of sp³-hybridized carbons (Fsp3) is 0.963. The van der Waals surface area contributed by atoms with Crippen molar-refractivity contribution < 1.29 is 15.0 Å². The zero-order valence-electron chi connectivity index (χ0n) is 21.3. The van der Waals surface area contributed by atoms with Crippen LogP contribution in [0.5, 0.6) is 0 Å². The van der Waals surface area contributed by atoms with Gasteiger partial charge in [-0.25, -0.2) is 0 Å². The van der Waals surface area contributed by atoms with E-state index in [1.165, 1.54) is 77.0 Å². The van der Waals surface area contributed by atoms with E-state index in [2.05, 4.69) is 13.8 Å². The highest BCUT2D eigenvalue weighted by Crippen LogP contribution is 2.16. The van der Waals surface area contributed by atoms with Gasteiger partial charge in [-0.1, -0.05) is 124 Å². The summed E-state index contributed by atoms with van der Waals surface area (Å²) in [6, 6.07) is 0. The Hall–Kier alpha value is -0.610. The highest BCUT2D eigenvalue weighted by molar-refractivity contribution is 5.78. The first-order valence-electron chi connectivity index (χ1n) is 13.6. The molecule has 4 heteroatoms. The molecule has 0 saturated heterocycles. The molecule has 0 aliphatic heterocycles. The maximum atomic E-state index is 12.8. The maximum Gasteiger partial charge on any atom is 0.225 e. The number of unbranched alkanes of at least 4 members (excludes halogenated alkanes) is 15. The molecule has 0 saturated carbocycles. The largest absolute Gasteiger partial charge is 0.394 e. The molecule has 0 aromatic rings. The predicted octanol–water partition coefficient (Wildman–Crippen LogP) is 6.87. The van der Waals surface area contributed by atoms with Gasteiger partial charge in [-0.3, -0.25) is 4.79 Å². The zero-order chi connectivity index (χ0) is 23.2. The van der Waals surface area contributed by atoms with Crippen LogP contribution in [0, 0.1) is 5.92 Å². The molecule has 186 valence electrons. The molecule has 0 radical (unpaired) electrons. The van der Waals surface area contributed by atoms with Crippen molar-refractivity contribution in [2.45, 2.75) is 142 Å². The minimum absolute atomic E-state index is 0.00378. The lowest BCUT2D eigenvalue weighted by Gasteiger charge is -2.27. The van der Waals surface area contributed by atoms with Crippen LogP contribution >= 0.6 is 0 Å². The SMILES string of the molecule is CCCCCCCCCCCCCCCCN(CC(O)CO)C(=O)C(C)CCCCC. The van der Waals surface area contributed by atoms with E-state index in [1.807, 2.05) is 6.92 Å². The Kier molecular flexibility index (Phi) is 22.1. The van der Waals surface area contributed by atoms with Crippen LogP contribution in [0.15, 0.2) is 0 Å². The minimum atomic E-state index is -0.835. The van der Waals surface area contributed by atoms with Crippen molar-refractivity contribution in [3.63, 3.8) is 0 Å². The molecule has 4 nitrogen and oxygen atoms in total. The lowest BCUT2D eigenvalue weighted by Crippen LogP contribution is -2.42. The standard InChI is InChI=1S/C27H55NO3/c1-4-6-8-9-10-11-12-13-14-15-16-17-18-20-22-28(23-26(30)24-29)27(31)25(3)21-19-7-5-2/h25-26,29-30H,4-24H2,1-3H3. The van der Waals surface area contributed by atoms with Gasteiger partial charge in [0.2, 0.25) is 5.91 Å². The average molecular weight is 442 g/mol. The van der Waals surface area contributed by atoms with Crippen LogP contribution < -0.4 is 0 Å². The van der Waals surface area contributed by atoms with Crippen LogP contribution in [0.4, 0.5) is 0 Å². The van der Waals surface area contributed by atoms with Crippen LogP contribution in [-0.4, -0.2) is 46.8 Å². The Bertz CT molecular complexity index is 389. The van der Waals surface area contributed by atoms with Gasteiger partial charge in [0, 0.05) is 19.0 Å². The molecule has 0 aromatic heterocycles. The van der Waals surface area contributed by atoms with E-state index in [1.54, 1.807) is 4.90 Å². The normalized spacial score (nSPS) is 13.3. The summed E-state index contributed by atoms with van der Waals surface area (Å²) in [5, 5.41) is 19.0. The molecule has 1 amide bonds. The third-order valence-corrected chi connectivity index (χ3v) is 6.40. The molecule has 0 aliphatic rings. The smallest absolute Gasteiger partial charge is 0.225 e. The molecule has 0 fully saturated rings. The Morgan fingerprint density at radius 2 is 1.13 bits per heavy atom. The first-order valence-corrected chi connectivity index (χ1v) is 13.6. The van der Waals surface area contributed by atoms with E-state index in [4.69, 9.17) is 0 Å². The average Bonchev–Trinajstić information content (AvgIpc) is 2.77. The Morgan fingerprint density at radius 3 is 1.58 bits per heavy atom. The van der Waals surface area contributed by atoms with Gasteiger partial charge >= 0.3 is 0 Å². The first-order chi connectivity index (χ1) is 15.1. The predicted molar refractivity (Wildman–Crippen MR) is 133 cm³/mol. The van der Waals surface area contributed by atoms with Crippen molar-refractivity contribution in [3.05, 3.63) is 0 Å². The van der Waals surface area contributed by atoms with Crippen LogP contribution in [0.1, 0.15) is 136 Å². The second-order valence-electron chi connectivity index (χ2n) is 9.61. The van der Waals surface area contributed by atoms with Gasteiger partial charge in [0.15, 0.2) is 0 Å². The fourth-order valence-electron chi connectivity index (χ4n) is 4.24. The molecular formula is C27H55NO3. The van der Waals surface area contributed by atoms with Crippen molar-refractivity contribution in [2.75, 3.05) is 19.7 Å². The first kappa shape index (κ1) is 30.4. The summed E-state index contributed by atoms with van der Waals surface area (Å²) in [7, 11) is 0. The molecule has 0 bridgehead atoms. The number of hydrogen-bond acceptors (Lipinski definition) is 3. The number of carbonyl (C=O) groups excluding carboxylic acids is 1. The van der Waals surface area contributed by atoms with Gasteiger partial charge < -0.3 is 15.1 Å². The van der Waals surface area contributed by atoms with Crippen molar-refractivity contribution in [1.82, 2.24) is 4.90 Å². The minimum Gasteiger partial charge on any atom is -0.394 e. The molecule has 0 aromatic carbocycles. The number of rotatable bonds is 23. The van der Waals surface area contributed by atoms with Crippen molar-refractivity contribution in [2.24, 2.45) is 5.92 Å². The van der Waals surface area contributed by atoms with E-state index in [0.717, 1.165) is 38.5 Å². The molecule has 2 unspecified atom stereocenters. The Labute approximate surface area is 194 Å². The van der Waals surface area contributed by atoms with E-state index < -0.39 is 6.10 Å².